The monoisotopic (exact) mass is 330 g/mol. The van der Waals surface area contributed by atoms with E-state index in [9.17, 15) is 9.59 Å². The zero-order valence-corrected chi connectivity index (χ0v) is 13.7. The summed E-state index contributed by atoms with van der Waals surface area (Å²) in [7, 11) is 4.09. The van der Waals surface area contributed by atoms with E-state index >= 15 is 0 Å². The van der Waals surface area contributed by atoms with Crippen LogP contribution in [-0.2, 0) is 16.1 Å². The highest BCUT2D eigenvalue weighted by atomic mass is 16.5. The Hall–Kier alpha value is -3.02. The van der Waals surface area contributed by atoms with Crippen molar-refractivity contribution >= 4 is 11.9 Å². The summed E-state index contributed by atoms with van der Waals surface area (Å²) >= 11 is 0. The molecule has 0 heterocycles. The van der Waals surface area contributed by atoms with Crippen LogP contribution in [0.15, 0.2) is 42.5 Å². The summed E-state index contributed by atoms with van der Waals surface area (Å²) in [6.07, 6.45) is 0. The maximum absolute atomic E-state index is 11.9. The molecule has 0 N–H and O–H groups in total. The molecule has 6 heteroatoms. The van der Waals surface area contributed by atoms with Gasteiger partial charge in [-0.25, -0.2) is 9.59 Å². The van der Waals surface area contributed by atoms with E-state index in [1.807, 2.05) is 24.3 Å². The molecule has 0 saturated carbocycles. The van der Waals surface area contributed by atoms with E-state index in [-0.39, 0.29) is 11.1 Å². The first-order valence-corrected chi connectivity index (χ1v) is 7.15. The fraction of sp³-hybridized carbons (Fsp3) is 0.222. The molecule has 0 unspecified atom stereocenters. The third-order valence-corrected chi connectivity index (χ3v) is 3.37. The molecule has 0 amide bonds. The molecule has 2 aromatic rings. The molecule has 24 heavy (non-hydrogen) atoms. The van der Waals surface area contributed by atoms with Gasteiger partial charge in [0.25, 0.3) is 0 Å². The van der Waals surface area contributed by atoms with E-state index < -0.39 is 11.9 Å². The van der Waals surface area contributed by atoms with Gasteiger partial charge in [0.2, 0.25) is 0 Å². The van der Waals surface area contributed by atoms with Gasteiger partial charge in [-0.1, -0.05) is 12.1 Å². The molecule has 0 saturated heterocycles. The van der Waals surface area contributed by atoms with E-state index in [4.69, 9.17) is 14.2 Å². The lowest BCUT2D eigenvalue weighted by Crippen LogP contribution is -2.12. The SMILES string of the molecule is COC(=O)c1ccc(OCc2ccc(OC)cc2)cc1C(=O)OC. The molecule has 126 valence electrons. The lowest BCUT2D eigenvalue weighted by atomic mass is 10.1. The van der Waals surface area contributed by atoms with Crippen LogP contribution in [0.1, 0.15) is 26.3 Å². The van der Waals surface area contributed by atoms with E-state index in [0.29, 0.717) is 12.4 Å². The van der Waals surface area contributed by atoms with Crippen LogP contribution in [0.3, 0.4) is 0 Å². The van der Waals surface area contributed by atoms with E-state index in [2.05, 4.69) is 4.74 Å². The van der Waals surface area contributed by atoms with Crippen LogP contribution in [0, 0.1) is 0 Å². The topological polar surface area (TPSA) is 71.1 Å². The maximum Gasteiger partial charge on any atom is 0.338 e. The molecule has 0 aliphatic heterocycles. The zero-order chi connectivity index (χ0) is 17.5. The molecule has 6 nitrogen and oxygen atoms in total. The number of esters is 2. The number of hydrogen-bond donors (Lipinski definition) is 0. The molecule has 0 fully saturated rings. The highest BCUT2D eigenvalue weighted by molar-refractivity contribution is 6.03. The molecule has 0 spiro atoms. The molecule has 0 aliphatic rings. The fourth-order valence-electron chi connectivity index (χ4n) is 2.07. The molecule has 0 radical (unpaired) electrons. The van der Waals surface area contributed by atoms with Gasteiger partial charge in [0.05, 0.1) is 32.5 Å². The average molecular weight is 330 g/mol. The van der Waals surface area contributed by atoms with Crippen molar-refractivity contribution in [2.75, 3.05) is 21.3 Å². The number of carbonyl (C=O) groups is 2. The summed E-state index contributed by atoms with van der Waals surface area (Å²) in [6.45, 7) is 0.308. The lowest BCUT2D eigenvalue weighted by molar-refractivity contribution is 0.0555. The van der Waals surface area contributed by atoms with Crippen LogP contribution in [0.2, 0.25) is 0 Å². The Morgan fingerprint density at radius 1 is 0.792 bits per heavy atom. The summed E-state index contributed by atoms with van der Waals surface area (Å²) in [5.74, 6) is -0.0459. The molecule has 0 aliphatic carbocycles. The van der Waals surface area contributed by atoms with Gasteiger partial charge in [-0.3, -0.25) is 0 Å². The summed E-state index contributed by atoms with van der Waals surface area (Å²) < 4.78 is 20.1. The van der Waals surface area contributed by atoms with Crippen LogP contribution < -0.4 is 9.47 Å². The van der Waals surface area contributed by atoms with Crippen molar-refractivity contribution < 1.29 is 28.5 Å². The predicted octanol–water partition coefficient (Wildman–Crippen LogP) is 2.85. The summed E-state index contributed by atoms with van der Waals surface area (Å²) in [4.78, 5) is 23.6. The molecule has 0 aromatic heterocycles. The fourth-order valence-corrected chi connectivity index (χ4v) is 2.07. The van der Waals surface area contributed by atoms with Gasteiger partial charge in [-0.05, 0) is 35.9 Å². The van der Waals surface area contributed by atoms with Gasteiger partial charge in [-0.15, -0.1) is 0 Å². The number of rotatable bonds is 6. The van der Waals surface area contributed by atoms with Gasteiger partial charge in [0.15, 0.2) is 0 Å². The van der Waals surface area contributed by atoms with E-state index in [0.717, 1.165) is 11.3 Å². The van der Waals surface area contributed by atoms with Gasteiger partial charge >= 0.3 is 11.9 Å². The second kappa shape index (κ2) is 8.01. The van der Waals surface area contributed by atoms with Gasteiger partial charge in [0, 0.05) is 0 Å². The Morgan fingerprint density at radius 2 is 1.38 bits per heavy atom. The quantitative estimate of drug-likeness (QED) is 0.759. The standard InChI is InChI=1S/C18H18O6/c1-21-13-6-4-12(5-7-13)11-24-14-8-9-15(17(19)22-2)16(10-14)18(20)23-3/h4-10H,11H2,1-3H3. The van der Waals surface area contributed by atoms with Crippen LogP contribution in [0.4, 0.5) is 0 Å². The molecular weight excluding hydrogens is 312 g/mol. The lowest BCUT2D eigenvalue weighted by Gasteiger charge is -2.11. The Morgan fingerprint density at radius 3 is 1.96 bits per heavy atom. The second-order valence-corrected chi connectivity index (χ2v) is 4.83. The largest absolute Gasteiger partial charge is 0.497 e. The minimum absolute atomic E-state index is 0.0941. The average Bonchev–Trinajstić information content (AvgIpc) is 2.65. The van der Waals surface area contributed by atoms with Crippen LogP contribution in [0.25, 0.3) is 0 Å². The van der Waals surface area contributed by atoms with Crippen molar-refractivity contribution in [1.29, 1.82) is 0 Å². The molecule has 2 rings (SSSR count). The van der Waals surface area contributed by atoms with Crippen molar-refractivity contribution in [2.24, 2.45) is 0 Å². The number of carbonyl (C=O) groups excluding carboxylic acids is 2. The highest BCUT2D eigenvalue weighted by Crippen LogP contribution is 2.21. The number of benzene rings is 2. The van der Waals surface area contributed by atoms with Gasteiger partial charge < -0.3 is 18.9 Å². The minimum atomic E-state index is -0.634. The number of methoxy groups -OCH3 is 3. The first kappa shape index (κ1) is 17.3. The Balaban J connectivity index is 2.18. The molecule has 0 atom stereocenters. The Kier molecular flexibility index (Phi) is 5.78. The van der Waals surface area contributed by atoms with Gasteiger partial charge in [0.1, 0.15) is 18.1 Å². The van der Waals surface area contributed by atoms with Crippen molar-refractivity contribution in [3.05, 3.63) is 59.2 Å². The first-order chi connectivity index (χ1) is 11.6. The van der Waals surface area contributed by atoms with Crippen molar-refractivity contribution in [3.63, 3.8) is 0 Å². The van der Waals surface area contributed by atoms with E-state index in [1.165, 1.54) is 26.4 Å². The van der Waals surface area contributed by atoms with Crippen molar-refractivity contribution in [3.8, 4) is 11.5 Å². The minimum Gasteiger partial charge on any atom is -0.497 e. The zero-order valence-electron chi connectivity index (χ0n) is 13.7. The van der Waals surface area contributed by atoms with Crippen molar-refractivity contribution in [1.82, 2.24) is 0 Å². The summed E-state index contributed by atoms with van der Waals surface area (Å²) in [6, 6.07) is 12.0. The number of ether oxygens (including phenoxy) is 4. The third-order valence-electron chi connectivity index (χ3n) is 3.37. The molecule has 2 aromatic carbocycles. The highest BCUT2D eigenvalue weighted by Gasteiger charge is 2.19. The number of hydrogen-bond acceptors (Lipinski definition) is 6. The second-order valence-electron chi connectivity index (χ2n) is 4.83. The van der Waals surface area contributed by atoms with Gasteiger partial charge in [-0.2, -0.15) is 0 Å². The Labute approximate surface area is 139 Å². The smallest absolute Gasteiger partial charge is 0.338 e. The maximum atomic E-state index is 11.9. The molecular formula is C18H18O6. The predicted molar refractivity (Wildman–Crippen MR) is 86.4 cm³/mol. The van der Waals surface area contributed by atoms with Crippen LogP contribution in [-0.4, -0.2) is 33.3 Å². The first-order valence-electron chi connectivity index (χ1n) is 7.15. The summed E-state index contributed by atoms with van der Waals surface area (Å²) in [5, 5.41) is 0. The van der Waals surface area contributed by atoms with Crippen LogP contribution >= 0.6 is 0 Å². The van der Waals surface area contributed by atoms with Crippen LogP contribution in [0.5, 0.6) is 11.5 Å². The van der Waals surface area contributed by atoms with Crippen molar-refractivity contribution in [2.45, 2.75) is 6.61 Å². The third kappa shape index (κ3) is 4.04. The normalized spacial score (nSPS) is 9.96. The van der Waals surface area contributed by atoms with E-state index in [1.54, 1.807) is 13.2 Å². The summed E-state index contributed by atoms with van der Waals surface area (Å²) in [5.41, 5.74) is 1.16. The molecule has 0 bridgehead atoms. The Bertz CT molecular complexity index is 721.